The summed E-state index contributed by atoms with van der Waals surface area (Å²) in [6.45, 7) is 1.89. The lowest BCUT2D eigenvalue weighted by atomic mass is 10.1. The van der Waals surface area contributed by atoms with Gasteiger partial charge < -0.3 is 10.6 Å². The lowest BCUT2D eigenvalue weighted by molar-refractivity contribution is -0.117. The van der Waals surface area contributed by atoms with Gasteiger partial charge in [0.15, 0.2) is 0 Å². The van der Waals surface area contributed by atoms with Gasteiger partial charge in [-0.15, -0.1) is 11.8 Å². The third-order valence-electron chi connectivity index (χ3n) is 7.24. The Hall–Kier alpha value is -4.47. The monoisotopic (exact) mass is 695 g/mol. The van der Waals surface area contributed by atoms with Crippen LogP contribution in [0.5, 0.6) is 0 Å². The van der Waals surface area contributed by atoms with E-state index in [0.29, 0.717) is 26.9 Å². The zero-order valence-electron chi connectivity index (χ0n) is 24.9. The van der Waals surface area contributed by atoms with Crippen molar-refractivity contribution in [2.75, 3.05) is 10.2 Å². The number of benzene rings is 5. The highest BCUT2D eigenvalue weighted by Gasteiger charge is 2.31. The number of rotatable bonds is 8. The van der Waals surface area contributed by atoms with Gasteiger partial charge in [-0.25, -0.2) is 0 Å². The first-order chi connectivity index (χ1) is 22.8. The van der Waals surface area contributed by atoms with Gasteiger partial charge in [-0.2, -0.15) is 0 Å². The molecule has 0 saturated carbocycles. The van der Waals surface area contributed by atoms with Gasteiger partial charge in [0.05, 0.1) is 16.6 Å². The lowest BCUT2D eigenvalue weighted by Crippen LogP contribution is -2.34. The molecule has 1 aliphatic heterocycles. The summed E-state index contributed by atoms with van der Waals surface area (Å²) < 4.78 is 0. The molecule has 0 spiro atoms. The number of amides is 3. The minimum Gasteiger partial charge on any atom is -0.321 e. The van der Waals surface area contributed by atoms with Gasteiger partial charge in [0, 0.05) is 41.5 Å². The van der Waals surface area contributed by atoms with Crippen LogP contribution in [-0.2, 0) is 9.59 Å². The number of anilines is 3. The SMILES string of the molecule is CC(Sc1ccc(NC(=O)/C(=C/c2c(Cl)cccc2Cl)NC(=O)c2ccccc2)cc1)C(=O)N1c2ccccc2Sc2ccccc21. The Balaban J connectivity index is 1.18. The van der Waals surface area contributed by atoms with Gasteiger partial charge >= 0.3 is 0 Å². The Bertz CT molecular complexity index is 1940. The maximum atomic E-state index is 13.9. The van der Waals surface area contributed by atoms with Gasteiger partial charge in [-0.05, 0) is 85.8 Å². The van der Waals surface area contributed by atoms with E-state index in [9.17, 15) is 14.4 Å². The number of hydrogen-bond donors (Lipinski definition) is 2. The summed E-state index contributed by atoms with van der Waals surface area (Å²) in [6.07, 6.45) is 1.45. The minimum atomic E-state index is -0.561. The van der Waals surface area contributed by atoms with Crippen LogP contribution in [0.4, 0.5) is 17.1 Å². The molecule has 0 aliphatic carbocycles. The predicted molar refractivity (Wildman–Crippen MR) is 193 cm³/mol. The van der Waals surface area contributed by atoms with Crippen LogP contribution in [0.2, 0.25) is 10.0 Å². The van der Waals surface area contributed by atoms with E-state index >= 15 is 0 Å². The molecule has 1 unspecified atom stereocenters. The molecule has 3 amide bonds. The molecule has 10 heteroatoms. The molecular weight excluding hydrogens is 669 g/mol. The summed E-state index contributed by atoms with van der Waals surface area (Å²) >= 11 is 15.8. The highest BCUT2D eigenvalue weighted by molar-refractivity contribution is 8.00. The van der Waals surface area contributed by atoms with Gasteiger partial charge in [-0.3, -0.25) is 19.3 Å². The second kappa shape index (κ2) is 14.5. The van der Waals surface area contributed by atoms with Crippen LogP contribution in [0.25, 0.3) is 6.08 Å². The van der Waals surface area contributed by atoms with Crippen molar-refractivity contribution in [2.24, 2.45) is 0 Å². The van der Waals surface area contributed by atoms with Crippen LogP contribution >= 0.6 is 46.7 Å². The molecule has 47 heavy (non-hydrogen) atoms. The molecule has 0 saturated heterocycles. The third kappa shape index (κ3) is 7.42. The lowest BCUT2D eigenvalue weighted by Gasteiger charge is -2.32. The fraction of sp³-hybridized carbons (Fsp3) is 0.0541. The summed E-state index contributed by atoms with van der Waals surface area (Å²) in [6, 6.07) is 36.6. The average Bonchev–Trinajstić information content (AvgIpc) is 3.09. The Morgan fingerprint density at radius 3 is 1.94 bits per heavy atom. The summed E-state index contributed by atoms with van der Waals surface area (Å²) in [7, 11) is 0. The maximum Gasteiger partial charge on any atom is 0.272 e. The summed E-state index contributed by atoms with van der Waals surface area (Å²) in [5.74, 6) is -1.05. The number of fused-ring (bicyclic) bond motifs is 2. The molecule has 5 aromatic carbocycles. The van der Waals surface area contributed by atoms with E-state index in [0.717, 1.165) is 26.1 Å². The summed E-state index contributed by atoms with van der Waals surface area (Å²) in [4.78, 5) is 45.1. The molecule has 1 heterocycles. The Labute approximate surface area is 291 Å². The highest BCUT2D eigenvalue weighted by atomic mass is 35.5. The molecule has 5 aromatic rings. The normalized spacial score (nSPS) is 12.8. The molecule has 0 bridgehead atoms. The molecule has 0 radical (unpaired) electrons. The van der Waals surface area contributed by atoms with Crippen molar-refractivity contribution in [3.05, 3.63) is 148 Å². The molecule has 0 aromatic heterocycles. The van der Waals surface area contributed by atoms with E-state index in [1.165, 1.54) is 17.8 Å². The van der Waals surface area contributed by atoms with Gasteiger partial charge in [0.25, 0.3) is 11.8 Å². The Morgan fingerprint density at radius 1 is 0.745 bits per heavy atom. The minimum absolute atomic E-state index is 0.0326. The smallest absolute Gasteiger partial charge is 0.272 e. The van der Waals surface area contributed by atoms with E-state index in [-0.39, 0.29) is 11.6 Å². The standard InChI is InChI=1S/C37H27Cl2N3O3S2/c1-23(37(45)42-31-14-5-7-16-33(31)47-34-17-8-6-15-32(34)42)46-26-20-18-25(19-21-26)40-36(44)30(22-27-28(38)12-9-13-29(27)39)41-35(43)24-10-3-2-4-11-24/h2-23H,1H3,(H,40,44)(H,41,43)/b30-22-. The zero-order valence-corrected chi connectivity index (χ0v) is 28.1. The van der Waals surface area contributed by atoms with E-state index in [1.54, 1.807) is 77.3 Å². The number of thioether (sulfide) groups is 1. The van der Waals surface area contributed by atoms with E-state index in [4.69, 9.17) is 23.2 Å². The van der Waals surface area contributed by atoms with Crippen LogP contribution < -0.4 is 15.5 Å². The highest BCUT2D eigenvalue weighted by Crippen LogP contribution is 2.48. The fourth-order valence-corrected chi connectivity index (χ4v) is 7.40. The van der Waals surface area contributed by atoms with Gasteiger partial charge in [0.1, 0.15) is 5.70 Å². The summed E-state index contributed by atoms with van der Waals surface area (Å²) in [5.41, 5.74) is 2.99. The molecule has 6 nitrogen and oxygen atoms in total. The van der Waals surface area contributed by atoms with Crippen molar-refractivity contribution in [2.45, 2.75) is 26.9 Å². The van der Waals surface area contributed by atoms with Crippen LogP contribution in [0.15, 0.2) is 142 Å². The third-order valence-corrected chi connectivity index (χ3v) is 10.1. The molecule has 0 fully saturated rings. The first-order valence-electron chi connectivity index (χ1n) is 14.6. The summed E-state index contributed by atoms with van der Waals surface area (Å²) in [5, 5.41) is 5.80. The van der Waals surface area contributed by atoms with Crippen molar-refractivity contribution >= 4 is 87.6 Å². The number of nitrogens with one attached hydrogen (secondary N) is 2. The second-order valence-electron chi connectivity index (χ2n) is 10.5. The van der Waals surface area contributed by atoms with Crippen molar-refractivity contribution in [1.29, 1.82) is 0 Å². The van der Waals surface area contributed by atoms with Crippen molar-refractivity contribution < 1.29 is 14.4 Å². The van der Waals surface area contributed by atoms with Crippen molar-refractivity contribution in [1.82, 2.24) is 5.32 Å². The van der Waals surface area contributed by atoms with Crippen molar-refractivity contribution in [3.8, 4) is 0 Å². The average molecular weight is 697 g/mol. The van der Waals surface area contributed by atoms with E-state index < -0.39 is 17.1 Å². The molecule has 6 rings (SSSR count). The fourth-order valence-electron chi connectivity index (χ4n) is 4.93. The first kappa shape index (κ1) is 32.5. The van der Waals surface area contributed by atoms with Crippen molar-refractivity contribution in [3.63, 3.8) is 0 Å². The molecule has 2 N–H and O–H groups in total. The molecule has 1 aliphatic rings. The number of para-hydroxylation sites is 2. The second-order valence-corrected chi connectivity index (χ2v) is 13.8. The molecular formula is C37H27Cl2N3O3S2. The predicted octanol–water partition coefficient (Wildman–Crippen LogP) is 9.71. The first-order valence-corrected chi connectivity index (χ1v) is 17.0. The maximum absolute atomic E-state index is 13.9. The van der Waals surface area contributed by atoms with E-state index in [1.807, 2.05) is 67.6 Å². The largest absolute Gasteiger partial charge is 0.321 e. The Morgan fingerprint density at radius 2 is 1.32 bits per heavy atom. The topological polar surface area (TPSA) is 78.5 Å². The zero-order chi connectivity index (χ0) is 32.9. The van der Waals surface area contributed by atoms with E-state index in [2.05, 4.69) is 10.6 Å². The van der Waals surface area contributed by atoms with Crippen LogP contribution in [-0.4, -0.2) is 23.0 Å². The number of halogens is 2. The number of nitrogens with zero attached hydrogens (tertiary/aromatic N) is 1. The van der Waals surface area contributed by atoms with Gasteiger partial charge in [0.2, 0.25) is 5.91 Å². The van der Waals surface area contributed by atoms with Crippen LogP contribution in [0.1, 0.15) is 22.8 Å². The molecule has 1 atom stereocenters. The van der Waals surface area contributed by atoms with Crippen LogP contribution in [0.3, 0.4) is 0 Å². The number of carbonyl (C=O) groups excluding carboxylic acids is 3. The van der Waals surface area contributed by atoms with Gasteiger partial charge in [-0.1, -0.05) is 83.5 Å². The Kier molecular flexibility index (Phi) is 10.0. The molecule has 234 valence electrons. The number of hydrogen-bond acceptors (Lipinski definition) is 5. The number of carbonyl (C=O) groups is 3. The van der Waals surface area contributed by atoms with Crippen LogP contribution in [0, 0.1) is 0 Å². The quantitative estimate of drug-likeness (QED) is 0.125.